The molecule has 0 unspecified atom stereocenters. The van der Waals surface area contributed by atoms with Gasteiger partial charge in [-0.2, -0.15) is 0 Å². The lowest BCUT2D eigenvalue weighted by atomic mass is 10.1. The summed E-state index contributed by atoms with van der Waals surface area (Å²) < 4.78 is 10.3. The fourth-order valence-corrected chi connectivity index (χ4v) is 1.72. The highest BCUT2D eigenvalue weighted by atomic mass is 35.5. The molecule has 0 aliphatic carbocycles. The van der Waals surface area contributed by atoms with Crippen molar-refractivity contribution >= 4 is 17.6 Å². The highest BCUT2D eigenvalue weighted by molar-refractivity contribution is 6.29. The normalized spacial score (nSPS) is 10.2. The molecule has 0 bridgehead atoms. The molecule has 0 spiro atoms. The van der Waals surface area contributed by atoms with Gasteiger partial charge in [-0.25, -0.2) is 4.79 Å². The second-order valence-corrected chi connectivity index (χ2v) is 4.61. The SMILES string of the molecule is COC(=O)c1cc(Cl)nnc1Oc1ccc(C)c(C)c1. The number of rotatable bonds is 3. The third-order valence-corrected chi connectivity index (χ3v) is 3.01. The van der Waals surface area contributed by atoms with Crippen molar-refractivity contribution in [3.63, 3.8) is 0 Å². The number of aromatic nitrogens is 2. The molecule has 0 saturated carbocycles. The lowest BCUT2D eigenvalue weighted by Gasteiger charge is -2.09. The van der Waals surface area contributed by atoms with Gasteiger partial charge in [0.15, 0.2) is 5.15 Å². The van der Waals surface area contributed by atoms with E-state index in [-0.39, 0.29) is 16.6 Å². The smallest absolute Gasteiger partial charge is 0.343 e. The molecule has 104 valence electrons. The first-order valence-electron chi connectivity index (χ1n) is 5.88. The van der Waals surface area contributed by atoms with Crippen molar-refractivity contribution in [3.05, 3.63) is 46.1 Å². The van der Waals surface area contributed by atoms with E-state index in [9.17, 15) is 4.79 Å². The molecule has 2 rings (SSSR count). The van der Waals surface area contributed by atoms with Crippen LogP contribution < -0.4 is 4.74 Å². The Morgan fingerprint density at radius 2 is 1.90 bits per heavy atom. The van der Waals surface area contributed by atoms with E-state index in [1.807, 2.05) is 26.0 Å². The minimum atomic E-state index is -0.583. The highest BCUT2D eigenvalue weighted by Crippen LogP contribution is 2.26. The Labute approximate surface area is 121 Å². The standard InChI is InChI=1S/C14H13ClN2O3/c1-8-4-5-10(6-9(8)2)20-13-11(14(18)19-3)7-12(15)16-17-13/h4-7H,1-3H3. The van der Waals surface area contributed by atoms with Crippen LogP contribution >= 0.6 is 11.6 Å². The van der Waals surface area contributed by atoms with Gasteiger partial charge in [0.05, 0.1) is 7.11 Å². The molecule has 0 aliphatic heterocycles. The summed E-state index contributed by atoms with van der Waals surface area (Å²) in [5.74, 6) is 0.0417. The molecule has 0 fully saturated rings. The van der Waals surface area contributed by atoms with Gasteiger partial charge >= 0.3 is 5.97 Å². The monoisotopic (exact) mass is 292 g/mol. The topological polar surface area (TPSA) is 61.3 Å². The van der Waals surface area contributed by atoms with E-state index in [0.29, 0.717) is 5.75 Å². The van der Waals surface area contributed by atoms with Crippen LogP contribution in [-0.4, -0.2) is 23.3 Å². The number of esters is 1. The molecule has 1 aromatic heterocycles. The molecule has 6 heteroatoms. The van der Waals surface area contributed by atoms with Gasteiger partial charge in [0.2, 0.25) is 0 Å². The average molecular weight is 293 g/mol. The van der Waals surface area contributed by atoms with Crippen LogP contribution in [0.2, 0.25) is 5.15 Å². The van der Waals surface area contributed by atoms with Gasteiger partial charge in [0.1, 0.15) is 11.3 Å². The molecule has 0 aliphatic rings. The third-order valence-electron chi connectivity index (χ3n) is 2.83. The summed E-state index contributed by atoms with van der Waals surface area (Å²) in [6.45, 7) is 3.97. The molecule has 1 aromatic carbocycles. The van der Waals surface area contributed by atoms with Crippen LogP contribution in [0.5, 0.6) is 11.6 Å². The van der Waals surface area contributed by atoms with Crippen molar-refractivity contribution in [1.29, 1.82) is 0 Å². The Hall–Kier alpha value is -2.14. The molecule has 2 aromatic rings. The number of carbonyl (C=O) groups is 1. The first-order chi connectivity index (χ1) is 9.51. The summed E-state index contributed by atoms with van der Waals surface area (Å²) in [4.78, 5) is 11.7. The van der Waals surface area contributed by atoms with Gasteiger partial charge in [0, 0.05) is 0 Å². The number of benzene rings is 1. The van der Waals surface area contributed by atoms with Gasteiger partial charge in [0.25, 0.3) is 5.88 Å². The zero-order valence-corrected chi connectivity index (χ0v) is 12.1. The van der Waals surface area contributed by atoms with Crippen LogP contribution in [0.4, 0.5) is 0 Å². The summed E-state index contributed by atoms with van der Waals surface area (Å²) in [5, 5.41) is 7.56. The predicted octanol–water partition coefficient (Wildman–Crippen LogP) is 3.33. The van der Waals surface area contributed by atoms with Crippen molar-refractivity contribution in [2.75, 3.05) is 7.11 Å². The maximum absolute atomic E-state index is 11.7. The zero-order chi connectivity index (χ0) is 14.7. The molecule has 0 saturated heterocycles. The molecule has 1 heterocycles. The number of nitrogens with zero attached hydrogens (tertiary/aromatic N) is 2. The number of aryl methyl sites for hydroxylation is 2. The van der Waals surface area contributed by atoms with Crippen LogP contribution in [0.1, 0.15) is 21.5 Å². The van der Waals surface area contributed by atoms with Crippen LogP contribution in [0.25, 0.3) is 0 Å². The van der Waals surface area contributed by atoms with E-state index in [2.05, 4.69) is 14.9 Å². The van der Waals surface area contributed by atoms with Gasteiger partial charge in [-0.15, -0.1) is 10.2 Å². The van der Waals surface area contributed by atoms with Crippen molar-refractivity contribution < 1.29 is 14.3 Å². The van der Waals surface area contributed by atoms with E-state index in [0.717, 1.165) is 11.1 Å². The second-order valence-electron chi connectivity index (χ2n) is 4.23. The van der Waals surface area contributed by atoms with Crippen molar-refractivity contribution in [3.8, 4) is 11.6 Å². The number of hydrogen-bond acceptors (Lipinski definition) is 5. The lowest BCUT2D eigenvalue weighted by Crippen LogP contribution is -2.06. The molecule has 5 nitrogen and oxygen atoms in total. The Bertz CT molecular complexity index is 659. The minimum absolute atomic E-state index is 0.0597. The van der Waals surface area contributed by atoms with Crippen molar-refractivity contribution in [1.82, 2.24) is 10.2 Å². The number of methoxy groups -OCH3 is 1. The molecule has 0 radical (unpaired) electrons. The van der Waals surface area contributed by atoms with Crippen LogP contribution in [-0.2, 0) is 4.74 Å². The summed E-state index contributed by atoms with van der Waals surface area (Å²) in [6.07, 6.45) is 0. The lowest BCUT2D eigenvalue weighted by molar-refractivity contribution is 0.0596. The Balaban J connectivity index is 2.37. The van der Waals surface area contributed by atoms with E-state index in [4.69, 9.17) is 16.3 Å². The summed E-state index contributed by atoms with van der Waals surface area (Å²) in [7, 11) is 1.27. The fraction of sp³-hybridized carbons (Fsp3) is 0.214. The molecular formula is C14H13ClN2O3. The Morgan fingerprint density at radius 3 is 2.55 bits per heavy atom. The molecule has 0 N–H and O–H groups in total. The highest BCUT2D eigenvalue weighted by Gasteiger charge is 2.17. The summed E-state index contributed by atoms with van der Waals surface area (Å²) >= 11 is 5.73. The average Bonchev–Trinajstić information content (AvgIpc) is 2.44. The summed E-state index contributed by atoms with van der Waals surface area (Å²) in [6, 6.07) is 6.93. The molecule has 0 atom stereocenters. The first kappa shape index (κ1) is 14.3. The fourth-order valence-electron chi connectivity index (χ4n) is 1.58. The third kappa shape index (κ3) is 3.05. The Kier molecular flexibility index (Phi) is 4.20. The van der Waals surface area contributed by atoms with E-state index < -0.39 is 5.97 Å². The molecular weight excluding hydrogens is 280 g/mol. The van der Waals surface area contributed by atoms with Crippen LogP contribution in [0.15, 0.2) is 24.3 Å². The van der Waals surface area contributed by atoms with E-state index >= 15 is 0 Å². The second kappa shape index (κ2) is 5.88. The van der Waals surface area contributed by atoms with Crippen LogP contribution in [0.3, 0.4) is 0 Å². The maximum Gasteiger partial charge on any atom is 0.343 e. The van der Waals surface area contributed by atoms with Gasteiger partial charge in [-0.3, -0.25) is 0 Å². The maximum atomic E-state index is 11.7. The van der Waals surface area contributed by atoms with Gasteiger partial charge < -0.3 is 9.47 Å². The van der Waals surface area contributed by atoms with Gasteiger partial charge in [-0.1, -0.05) is 17.7 Å². The van der Waals surface area contributed by atoms with Crippen LogP contribution in [0, 0.1) is 13.8 Å². The zero-order valence-electron chi connectivity index (χ0n) is 11.3. The van der Waals surface area contributed by atoms with E-state index in [1.165, 1.54) is 13.2 Å². The molecule has 0 amide bonds. The Morgan fingerprint density at radius 1 is 1.15 bits per heavy atom. The quantitative estimate of drug-likeness (QED) is 0.812. The van der Waals surface area contributed by atoms with Crippen molar-refractivity contribution in [2.24, 2.45) is 0 Å². The number of halogens is 1. The van der Waals surface area contributed by atoms with Gasteiger partial charge in [-0.05, 0) is 43.2 Å². The largest absolute Gasteiger partial charge is 0.465 e. The van der Waals surface area contributed by atoms with Crippen molar-refractivity contribution in [2.45, 2.75) is 13.8 Å². The predicted molar refractivity (Wildman–Crippen MR) is 74.4 cm³/mol. The first-order valence-corrected chi connectivity index (χ1v) is 6.25. The summed E-state index contributed by atoms with van der Waals surface area (Å²) in [5.41, 5.74) is 2.35. The number of ether oxygens (including phenoxy) is 2. The minimum Gasteiger partial charge on any atom is -0.465 e. The van der Waals surface area contributed by atoms with E-state index in [1.54, 1.807) is 6.07 Å². The molecule has 20 heavy (non-hydrogen) atoms. The number of carbonyl (C=O) groups excluding carboxylic acids is 1. The number of hydrogen-bond donors (Lipinski definition) is 0.